The second-order valence-corrected chi connectivity index (χ2v) is 20.9. The molecule has 0 aliphatic heterocycles. The number of carbonyl (C=O) groups is 1. The lowest BCUT2D eigenvalue weighted by molar-refractivity contribution is -0.124. The summed E-state index contributed by atoms with van der Waals surface area (Å²) in [7, 11) is 0. The molecule has 0 unspecified atom stereocenters. The summed E-state index contributed by atoms with van der Waals surface area (Å²) >= 11 is 0. The lowest BCUT2D eigenvalue weighted by Crippen LogP contribution is -2.50. The fourth-order valence-electron chi connectivity index (χ4n) is 9.87. The van der Waals surface area contributed by atoms with Crippen molar-refractivity contribution in [3.8, 4) is 0 Å². The van der Waals surface area contributed by atoms with E-state index in [1.165, 1.54) is 289 Å². The summed E-state index contributed by atoms with van der Waals surface area (Å²) in [6.45, 7) is 4.22. The molecule has 0 bridgehead atoms. The molecule has 0 aromatic rings. The Morgan fingerprint density at radius 3 is 0.750 bits per heavy atom. The minimum Gasteiger partial charge on any atom is -0.394 e. The average Bonchev–Trinajstić information content (AvgIpc) is 3.30. The van der Waals surface area contributed by atoms with Crippen molar-refractivity contribution in [2.24, 2.45) is 0 Å². The standard InChI is InChI=1S/C59H119NO4/c1-3-5-7-9-11-13-15-17-19-21-22-23-24-25-26-27-28-29-30-31-32-33-34-35-36-37-38-40-42-44-46-48-50-52-54-58(63)60-56(55-61)59(64)57(62)53-51-49-47-45-43-41-39-20-18-16-14-12-10-8-6-4-2/h56-57,59,61-62,64H,3-55H2,1-2H3,(H,60,63)/t56-,57+,59-/m0/s1. The number of aliphatic hydroxyl groups is 3. The monoisotopic (exact) mass is 906 g/mol. The smallest absolute Gasteiger partial charge is 0.220 e. The number of rotatable bonds is 56. The van der Waals surface area contributed by atoms with Gasteiger partial charge in [0.25, 0.3) is 0 Å². The van der Waals surface area contributed by atoms with Crippen LogP contribution >= 0.6 is 0 Å². The van der Waals surface area contributed by atoms with Crippen LogP contribution in [0.5, 0.6) is 0 Å². The Labute approximate surface area is 402 Å². The molecule has 1 amide bonds. The molecule has 0 fully saturated rings. The van der Waals surface area contributed by atoms with Crippen molar-refractivity contribution in [3.05, 3.63) is 0 Å². The number of hydrogen-bond donors (Lipinski definition) is 4. The highest BCUT2D eigenvalue weighted by Crippen LogP contribution is 2.19. The van der Waals surface area contributed by atoms with E-state index in [9.17, 15) is 20.1 Å². The topological polar surface area (TPSA) is 89.8 Å². The third-order valence-corrected chi connectivity index (χ3v) is 14.5. The van der Waals surface area contributed by atoms with Crippen LogP contribution in [0.15, 0.2) is 0 Å². The number of unbranched alkanes of at least 4 members (excludes halogenated alkanes) is 48. The zero-order chi connectivity index (χ0) is 46.5. The van der Waals surface area contributed by atoms with Crippen LogP contribution in [-0.4, -0.2) is 46.1 Å². The van der Waals surface area contributed by atoms with Gasteiger partial charge in [-0.3, -0.25) is 4.79 Å². The lowest BCUT2D eigenvalue weighted by Gasteiger charge is -2.26. The van der Waals surface area contributed by atoms with E-state index in [0.717, 1.165) is 32.1 Å². The number of carbonyl (C=O) groups excluding carboxylic acids is 1. The molecule has 384 valence electrons. The normalized spacial score (nSPS) is 13.1. The van der Waals surface area contributed by atoms with Gasteiger partial charge >= 0.3 is 0 Å². The van der Waals surface area contributed by atoms with Gasteiger partial charge in [0.15, 0.2) is 0 Å². The molecule has 0 saturated carbocycles. The third-order valence-electron chi connectivity index (χ3n) is 14.5. The van der Waals surface area contributed by atoms with Crippen molar-refractivity contribution in [1.29, 1.82) is 0 Å². The van der Waals surface area contributed by atoms with Gasteiger partial charge < -0.3 is 20.6 Å². The number of hydrogen-bond acceptors (Lipinski definition) is 4. The quantitative estimate of drug-likeness (QED) is 0.0458. The molecule has 0 aromatic heterocycles. The van der Waals surface area contributed by atoms with Crippen molar-refractivity contribution in [2.75, 3.05) is 6.61 Å². The van der Waals surface area contributed by atoms with Gasteiger partial charge in [-0.1, -0.05) is 328 Å². The summed E-state index contributed by atoms with van der Waals surface area (Å²) in [6.07, 6.45) is 67.1. The van der Waals surface area contributed by atoms with E-state index in [1.54, 1.807) is 0 Å². The highest BCUT2D eigenvalue weighted by atomic mass is 16.3. The minimum absolute atomic E-state index is 0.136. The highest BCUT2D eigenvalue weighted by Gasteiger charge is 2.26. The first-order valence-corrected chi connectivity index (χ1v) is 29.8. The average molecular weight is 907 g/mol. The predicted octanol–water partition coefficient (Wildman–Crippen LogP) is 18.5. The Bertz CT molecular complexity index is 868. The Balaban J connectivity index is 3.42. The van der Waals surface area contributed by atoms with E-state index >= 15 is 0 Å². The zero-order valence-electron chi connectivity index (χ0n) is 44.0. The summed E-state index contributed by atoms with van der Waals surface area (Å²) in [5.41, 5.74) is 0. The maximum absolute atomic E-state index is 12.5. The lowest BCUT2D eigenvalue weighted by atomic mass is 9.99. The highest BCUT2D eigenvalue weighted by molar-refractivity contribution is 5.76. The van der Waals surface area contributed by atoms with Crippen molar-refractivity contribution >= 4 is 5.91 Å². The molecule has 5 heteroatoms. The van der Waals surface area contributed by atoms with Gasteiger partial charge in [0.05, 0.1) is 18.8 Å². The fourth-order valence-corrected chi connectivity index (χ4v) is 9.87. The molecule has 0 aliphatic carbocycles. The number of amides is 1. The third kappa shape index (κ3) is 49.3. The van der Waals surface area contributed by atoms with Crippen LogP contribution in [0, 0.1) is 0 Å². The first-order valence-electron chi connectivity index (χ1n) is 29.8. The van der Waals surface area contributed by atoms with E-state index in [4.69, 9.17) is 0 Å². The Morgan fingerprint density at radius 1 is 0.328 bits per heavy atom. The zero-order valence-corrected chi connectivity index (χ0v) is 44.0. The summed E-state index contributed by atoms with van der Waals surface area (Å²) in [4.78, 5) is 12.5. The molecule has 0 saturated heterocycles. The van der Waals surface area contributed by atoms with E-state index in [1.807, 2.05) is 0 Å². The molecule has 0 spiro atoms. The molecule has 0 aliphatic rings. The first kappa shape index (κ1) is 63.4. The molecule has 0 rings (SSSR count). The Kier molecular flexibility index (Phi) is 54.4. The van der Waals surface area contributed by atoms with Gasteiger partial charge in [-0.25, -0.2) is 0 Å². The van der Waals surface area contributed by atoms with Crippen LogP contribution in [0.2, 0.25) is 0 Å². The predicted molar refractivity (Wildman–Crippen MR) is 282 cm³/mol. The summed E-state index contributed by atoms with van der Waals surface area (Å²) in [5.74, 6) is -0.136. The molecule has 0 aromatic carbocycles. The number of nitrogens with one attached hydrogen (secondary N) is 1. The van der Waals surface area contributed by atoms with Crippen LogP contribution in [0.25, 0.3) is 0 Å². The van der Waals surface area contributed by atoms with Gasteiger partial charge in [-0.15, -0.1) is 0 Å². The molecule has 64 heavy (non-hydrogen) atoms. The molecule has 0 radical (unpaired) electrons. The van der Waals surface area contributed by atoms with Crippen molar-refractivity contribution < 1.29 is 20.1 Å². The first-order chi connectivity index (χ1) is 31.6. The van der Waals surface area contributed by atoms with E-state index in [0.29, 0.717) is 12.8 Å². The van der Waals surface area contributed by atoms with Gasteiger partial charge in [-0.05, 0) is 12.8 Å². The molecular weight excluding hydrogens is 787 g/mol. The Hall–Kier alpha value is -0.650. The summed E-state index contributed by atoms with van der Waals surface area (Å²) in [5, 5.41) is 33.8. The van der Waals surface area contributed by atoms with Gasteiger partial charge in [0, 0.05) is 6.42 Å². The molecule has 0 heterocycles. The molecular formula is C59H119NO4. The summed E-state index contributed by atoms with van der Waals surface area (Å²) in [6, 6.07) is -0.804. The SMILES string of the molecule is CCCCCCCCCCCCCCCCCCCCCCCCCCCCCCCCCCCCC(=O)N[C@@H](CO)[C@H](O)[C@H](O)CCCCCCCCCCCCCCCCCC. The van der Waals surface area contributed by atoms with Crippen LogP contribution in [0.3, 0.4) is 0 Å². The number of aliphatic hydroxyl groups excluding tert-OH is 3. The van der Waals surface area contributed by atoms with Gasteiger partial charge in [0.2, 0.25) is 5.91 Å². The molecule has 5 nitrogen and oxygen atoms in total. The van der Waals surface area contributed by atoms with Crippen molar-refractivity contribution in [3.63, 3.8) is 0 Å². The van der Waals surface area contributed by atoms with Gasteiger partial charge in [0.1, 0.15) is 6.10 Å². The largest absolute Gasteiger partial charge is 0.394 e. The molecule has 4 N–H and O–H groups in total. The van der Waals surface area contributed by atoms with Crippen LogP contribution in [-0.2, 0) is 4.79 Å². The van der Waals surface area contributed by atoms with Crippen LogP contribution in [0.1, 0.15) is 348 Å². The second kappa shape index (κ2) is 55.0. The summed E-state index contributed by atoms with van der Waals surface area (Å²) < 4.78 is 0. The second-order valence-electron chi connectivity index (χ2n) is 20.9. The maximum Gasteiger partial charge on any atom is 0.220 e. The van der Waals surface area contributed by atoms with E-state index < -0.39 is 18.2 Å². The molecule has 3 atom stereocenters. The van der Waals surface area contributed by atoms with Crippen molar-refractivity contribution in [1.82, 2.24) is 5.32 Å². The maximum atomic E-state index is 12.5. The van der Waals surface area contributed by atoms with Gasteiger partial charge in [-0.2, -0.15) is 0 Å². The van der Waals surface area contributed by atoms with Crippen molar-refractivity contribution in [2.45, 2.75) is 366 Å². The van der Waals surface area contributed by atoms with Crippen LogP contribution in [0.4, 0.5) is 0 Å². The van der Waals surface area contributed by atoms with E-state index in [2.05, 4.69) is 19.2 Å². The van der Waals surface area contributed by atoms with E-state index in [-0.39, 0.29) is 12.5 Å². The minimum atomic E-state index is -1.13. The Morgan fingerprint density at radius 2 is 0.531 bits per heavy atom. The fraction of sp³-hybridized carbons (Fsp3) is 0.983. The van der Waals surface area contributed by atoms with Crippen LogP contribution < -0.4 is 5.32 Å².